The zero-order valence-electron chi connectivity index (χ0n) is 6.90. The van der Waals surface area contributed by atoms with Crippen molar-refractivity contribution in [2.75, 3.05) is 0 Å². The summed E-state index contributed by atoms with van der Waals surface area (Å²) >= 11 is 0. The molecule has 0 saturated carbocycles. The van der Waals surface area contributed by atoms with Crippen LogP contribution in [-0.2, 0) is 10.1 Å². The molecule has 0 amide bonds. The second kappa shape index (κ2) is 2.88. The predicted octanol–water partition coefficient (Wildman–Crippen LogP) is 1.55. The van der Waals surface area contributed by atoms with Crippen molar-refractivity contribution in [3.8, 4) is 0 Å². The van der Waals surface area contributed by atoms with Crippen molar-refractivity contribution in [2.45, 2.75) is 18.7 Å². The van der Waals surface area contributed by atoms with E-state index in [2.05, 4.69) is 0 Å². The van der Waals surface area contributed by atoms with E-state index in [9.17, 15) is 8.42 Å². The Labute approximate surface area is 71.8 Å². The van der Waals surface area contributed by atoms with Crippen LogP contribution in [0.2, 0.25) is 0 Å². The van der Waals surface area contributed by atoms with Crippen molar-refractivity contribution in [1.29, 1.82) is 0 Å². The molecule has 0 atom stereocenters. The third-order valence-corrected chi connectivity index (χ3v) is 2.32. The first-order chi connectivity index (χ1) is 5.39. The zero-order valence-corrected chi connectivity index (χ0v) is 7.72. The van der Waals surface area contributed by atoms with E-state index in [0.717, 1.165) is 11.1 Å². The molecule has 0 aliphatic heterocycles. The van der Waals surface area contributed by atoms with Crippen molar-refractivity contribution in [2.24, 2.45) is 0 Å². The van der Waals surface area contributed by atoms with Gasteiger partial charge in [-0.05, 0) is 37.1 Å². The van der Waals surface area contributed by atoms with E-state index in [1.165, 1.54) is 12.1 Å². The summed E-state index contributed by atoms with van der Waals surface area (Å²) in [6, 6.07) is 4.71. The van der Waals surface area contributed by atoms with Crippen molar-refractivity contribution in [1.82, 2.24) is 0 Å². The van der Waals surface area contributed by atoms with Crippen LogP contribution in [0.25, 0.3) is 0 Å². The fourth-order valence-corrected chi connectivity index (χ4v) is 1.75. The summed E-state index contributed by atoms with van der Waals surface area (Å²) in [6.45, 7) is 3.56. The van der Waals surface area contributed by atoms with Gasteiger partial charge in [-0.1, -0.05) is 6.07 Å². The number of hydrogen-bond acceptors (Lipinski definition) is 2. The summed E-state index contributed by atoms with van der Waals surface area (Å²) in [4.78, 5) is -0.0417. The van der Waals surface area contributed by atoms with Gasteiger partial charge in [0.05, 0.1) is 4.90 Å². The van der Waals surface area contributed by atoms with Gasteiger partial charge in [0.15, 0.2) is 0 Å². The van der Waals surface area contributed by atoms with Gasteiger partial charge in [0, 0.05) is 0 Å². The van der Waals surface area contributed by atoms with Crippen LogP contribution in [0.5, 0.6) is 0 Å². The maximum absolute atomic E-state index is 10.7. The molecule has 4 heteroatoms. The summed E-state index contributed by atoms with van der Waals surface area (Å²) in [7, 11) is -4.05. The molecule has 66 valence electrons. The maximum atomic E-state index is 10.7. The molecular formula is C8H10O3S. The lowest BCUT2D eigenvalue weighted by Gasteiger charge is -2.00. The SMILES string of the molecule is Cc1cc(C)cc(S(=O)(=O)O)c1. The average molecular weight is 186 g/mol. The number of hydrogen-bond donors (Lipinski definition) is 1. The molecule has 1 aromatic carbocycles. The van der Waals surface area contributed by atoms with Gasteiger partial charge < -0.3 is 0 Å². The van der Waals surface area contributed by atoms with Crippen LogP contribution in [0.3, 0.4) is 0 Å². The molecule has 0 saturated heterocycles. The highest BCUT2D eigenvalue weighted by molar-refractivity contribution is 7.85. The highest BCUT2D eigenvalue weighted by Gasteiger charge is 2.09. The minimum absolute atomic E-state index is 0.0417. The third-order valence-electron chi connectivity index (χ3n) is 1.49. The van der Waals surface area contributed by atoms with Gasteiger partial charge in [0.25, 0.3) is 10.1 Å². The Morgan fingerprint density at radius 3 is 1.83 bits per heavy atom. The van der Waals surface area contributed by atoms with E-state index in [1.54, 1.807) is 13.8 Å². The first kappa shape index (κ1) is 9.22. The van der Waals surface area contributed by atoms with Gasteiger partial charge in [-0.3, -0.25) is 4.55 Å². The summed E-state index contributed by atoms with van der Waals surface area (Å²) in [5.41, 5.74) is 1.64. The summed E-state index contributed by atoms with van der Waals surface area (Å²) in [5.74, 6) is 0. The maximum Gasteiger partial charge on any atom is 0.294 e. The van der Waals surface area contributed by atoms with E-state index in [4.69, 9.17) is 4.55 Å². The lowest BCUT2D eigenvalue weighted by atomic mass is 10.2. The molecule has 0 heterocycles. The van der Waals surface area contributed by atoms with E-state index in [-0.39, 0.29) is 4.90 Å². The van der Waals surface area contributed by atoms with Gasteiger partial charge in [-0.25, -0.2) is 0 Å². The quantitative estimate of drug-likeness (QED) is 0.677. The Morgan fingerprint density at radius 1 is 1.08 bits per heavy atom. The van der Waals surface area contributed by atoms with E-state index in [0.29, 0.717) is 0 Å². The van der Waals surface area contributed by atoms with Crippen LogP contribution < -0.4 is 0 Å². The molecule has 0 fully saturated rings. The van der Waals surface area contributed by atoms with E-state index >= 15 is 0 Å². The Kier molecular flexibility index (Phi) is 2.21. The van der Waals surface area contributed by atoms with Gasteiger partial charge in [0.1, 0.15) is 0 Å². The Bertz CT molecular complexity index is 373. The highest BCUT2D eigenvalue weighted by atomic mass is 32.2. The van der Waals surface area contributed by atoms with Crippen molar-refractivity contribution in [3.05, 3.63) is 29.3 Å². The standard InChI is InChI=1S/C8H10O3S/c1-6-3-7(2)5-8(4-6)12(9,10)11/h3-5H,1-2H3,(H,9,10,11). The molecule has 1 aromatic rings. The molecule has 12 heavy (non-hydrogen) atoms. The summed E-state index contributed by atoms with van der Waals surface area (Å²) < 4.78 is 30.1. The topological polar surface area (TPSA) is 54.4 Å². The molecule has 0 radical (unpaired) electrons. The van der Waals surface area contributed by atoms with Gasteiger partial charge in [-0.15, -0.1) is 0 Å². The molecular weight excluding hydrogens is 176 g/mol. The molecule has 0 spiro atoms. The smallest absolute Gasteiger partial charge is 0.282 e. The van der Waals surface area contributed by atoms with Crippen molar-refractivity contribution >= 4 is 10.1 Å². The van der Waals surface area contributed by atoms with Crippen LogP contribution in [-0.4, -0.2) is 13.0 Å². The molecule has 0 aliphatic carbocycles. The highest BCUT2D eigenvalue weighted by Crippen LogP contribution is 2.13. The van der Waals surface area contributed by atoms with Crippen molar-refractivity contribution in [3.63, 3.8) is 0 Å². The monoisotopic (exact) mass is 186 g/mol. The molecule has 3 nitrogen and oxygen atoms in total. The van der Waals surface area contributed by atoms with Gasteiger partial charge in [0.2, 0.25) is 0 Å². The normalized spacial score (nSPS) is 11.6. The second-order valence-electron chi connectivity index (χ2n) is 2.80. The number of aryl methyl sites for hydroxylation is 2. The lowest BCUT2D eigenvalue weighted by Crippen LogP contribution is -1.98. The largest absolute Gasteiger partial charge is 0.294 e. The minimum Gasteiger partial charge on any atom is -0.282 e. The molecule has 0 aliphatic rings. The first-order valence-electron chi connectivity index (χ1n) is 3.45. The molecule has 0 bridgehead atoms. The van der Waals surface area contributed by atoms with Crippen molar-refractivity contribution < 1.29 is 13.0 Å². The molecule has 1 N–H and O–H groups in total. The van der Waals surface area contributed by atoms with Crippen LogP contribution in [0.4, 0.5) is 0 Å². The zero-order chi connectivity index (χ0) is 9.35. The van der Waals surface area contributed by atoms with Gasteiger partial charge in [-0.2, -0.15) is 8.42 Å². The first-order valence-corrected chi connectivity index (χ1v) is 4.89. The fourth-order valence-electron chi connectivity index (χ4n) is 1.08. The Morgan fingerprint density at radius 2 is 1.50 bits per heavy atom. The fraction of sp³-hybridized carbons (Fsp3) is 0.250. The summed E-state index contributed by atoms with van der Waals surface area (Å²) in [5, 5.41) is 0. The second-order valence-corrected chi connectivity index (χ2v) is 4.22. The molecule has 0 unspecified atom stereocenters. The summed E-state index contributed by atoms with van der Waals surface area (Å²) in [6.07, 6.45) is 0. The Balaban J connectivity index is 3.37. The minimum atomic E-state index is -4.05. The van der Waals surface area contributed by atoms with Crippen LogP contribution >= 0.6 is 0 Å². The lowest BCUT2D eigenvalue weighted by molar-refractivity contribution is 0.483. The molecule has 0 aromatic heterocycles. The number of benzene rings is 1. The predicted molar refractivity (Wildman–Crippen MR) is 45.7 cm³/mol. The van der Waals surface area contributed by atoms with Gasteiger partial charge >= 0.3 is 0 Å². The van der Waals surface area contributed by atoms with Crippen LogP contribution in [0, 0.1) is 13.8 Å². The third kappa shape index (κ3) is 2.06. The average Bonchev–Trinajstić information content (AvgIpc) is 1.82. The van der Waals surface area contributed by atoms with E-state index < -0.39 is 10.1 Å². The number of rotatable bonds is 1. The molecule has 1 rings (SSSR count). The van der Waals surface area contributed by atoms with Crippen LogP contribution in [0.15, 0.2) is 23.1 Å². The van der Waals surface area contributed by atoms with Crippen LogP contribution in [0.1, 0.15) is 11.1 Å². The van der Waals surface area contributed by atoms with E-state index in [1.807, 2.05) is 6.07 Å². The Hall–Kier alpha value is -0.870.